The van der Waals surface area contributed by atoms with Gasteiger partial charge in [-0.3, -0.25) is 10.2 Å². The summed E-state index contributed by atoms with van der Waals surface area (Å²) in [6.45, 7) is 10.1. The maximum Gasteiger partial charge on any atom is 0.172 e. The van der Waals surface area contributed by atoms with E-state index < -0.39 is 0 Å². The third kappa shape index (κ3) is 7.84. The van der Waals surface area contributed by atoms with Crippen molar-refractivity contribution in [2.24, 2.45) is 16.8 Å². The van der Waals surface area contributed by atoms with Crippen molar-refractivity contribution in [2.45, 2.75) is 39.2 Å². The first-order chi connectivity index (χ1) is 22.2. The second kappa shape index (κ2) is 14.9. The van der Waals surface area contributed by atoms with Gasteiger partial charge in [-0.25, -0.2) is 19.9 Å². The van der Waals surface area contributed by atoms with Crippen LogP contribution in [0.15, 0.2) is 72.2 Å². The highest BCUT2D eigenvalue weighted by Crippen LogP contribution is 2.40. The lowest BCUT2D eigenvalue weighted by molar-refractivity contribution is -0.115. The topological polar surface area (TPSA) is 129 Å². The van der Waals surface area contributed by atoms with Crippen molar-refractivity contribution in [3.63, 3.8) is 0 Å². The number of benzene rings is 1. The van der Waals surface area contributed by atoms with E-state index in [1.165, 1.54) is 12.5 Å². The van der Waals surface area contributed by atoms with Crippen LogP contribution in [0.2, 0.25) is 0 Å². The van der Waals surface area contributed by atoms with Crippen LogP contribution in [0.4, 0.5) is 17.3 Å². The first kappa shape index (κ1) is 32.5. The number of carbonyl (C=O) groups is 1. The lowest BCUT2D eigenvalue weighted by atomic mass is 9.82. The van der Waals surface area contributed by atoms with Crippen molar-refractivity contribution < 1.29 is 14.3 Å². The minimum Gasteiger partial charge on any atom is -0.489 e. The SMILES string of the molecule is C=C/C(=C\C=NC=N)Oc1ccc(Nc2ncnc3cc4c(nc23)N2CCC(CCC(=O)/C=C/[C@H](C)N(C)C)[C@H](CO4)C2)cc1C. The summed E-state index contributed by atoms with van der Waals surface area (Å²) in [4.78, 5) is 34.8. The number of fused-ring (bicyclic) bond motifs is 5. The van der Waals surface area contributed by atoms with E-state index in [-0.39, 0.29) is 11.8 Å². The number of hydrogen-bond donors (Lipinski definition) is 2. The van der Waals surface area contributed by atoms with E-state index in [9.17, 15) is 4.79 Å². The van der Waals surface area contributed by atoms with Crippen LogP contribution >= 0.6 is 0 Å². The molecule has 2 N–H and O–H groups in total. The van der Waals surface area contributed by atoms with Gasteiger partial charge < -0.3 is 24.6 Å². The highest BCUT2D eigenvalue weighted by molar-refractivity contribution is 5.90. The number of nitrogens with zero attached hydrogens (tertiary/aromatic N) is 6. The summed E-state index contributed by atoms with van der Waals surface area (Å²) < 4.78 is 12.3. The van der Waals surface area contributed by atoms with Crippen molar-refractivity contribution in [2.75, 3.05) is 44.0 Å². The Balaban J connectivity index is 1.29. The summed E-state index contributed by atoms with van der Waals surface area (Å²) >= 11 is 0. The molecular formula is C35H42N8O3. The molecule has 0 spiro atoms. The van der Waals surface area contributed by atoms with Gasteiger partial charge in [-0.2, -0.15) is 0 Å². The van der Waals surface area contributed by atoms with Gasteiger partial charge in [0.1, 0.15) is 29.7 Å². The summed E-state index contributed by atoms with van der Waals surface area (Å²) in [7, 11) is 4.02. The molecule has 11 heteroatoms. The highest BCUT2D eigenvalue weighted by atomic mass is 16.5. The van der Waals surface area contributed by atoms with Crippen molar-refractivity contribution in [1.29, 1.82) is 5.41 Å². The molecule has 1 unspecified atom stereocenters. The number of likely N-dealkylation sites (N-methyl/N-ethyl adjacent to an activating group) is 1. The summed E-state index contributed by atoms with van der Waals surface area (Å²) in [5.41, 5.74) is 3.09. The Kier molecular flexibility index (Phi) is 10.5. The van der Waals surface area contributed by atoms with E-state index in [1.54, 1.807) is 18.2 Å². The molecule has 0 aliphatic carbocycles. The van der Waals surface area contributed by atoms with Gasteiger partial charge in [-0.15, -0.1) is 0 Å². The number of pyridine rings is 1. The number of aromatic nitrogens is 3. The van der Waals surface area contributed by atoms with Crippen molar-refractivity contribution in [3.8, 4) is 11.5 Å². The van der Waals surface area contributed by atoms with E-state index in [1.807, 2.05) is 51.4 Å². The molecular weight excluding hydrogens is 580 g/mol. The summed E-state index contributed by atoms with van der Waals surface area (Å²) in [6, 6.07) is 7.94. The number of piperidine rings is 1. The standard InChI is InChI=1S/C35H42N8O3/c1-6-29(13-15-37-21-36)46-31-12-9-27(17-23(31)2)40-34-33-30(38-22-39-34)18-32-35(41-33)43-16-14-25(26(19-43)20-45-32)8-11-28(44)10-7-24(3)42(4)5/h6-7,9-10,12-13,15,17-18,21-22,24-26,36H,1,8,11,14,16,19-20H2,2-5H3,(H,38,39,40)/b10-7+,29-13+,36-21?,37-15?/t24-,25?,26-/m0/s1. The second-order valence-electron chi connectivity index (χ2n) is 11.9. The Bertz CT molecular complexity index is 1680. The third-order valence-corrected chi connectivity index (χ3v) is 8.60. The van der Waals surface area contributed by atoms with E-state index >= 15 is 0 Å². The van der Waals surface area contributed by atoms with Gasteiger partial charge >= 0.3 is 0 Å². The van der Waals surface area contributed by atoms with E-state index in [0.717, 1.165) is 55.1 Å². The van der Waals surface area contributed by atoms with Gasteiger partial charge in [0.05, 0.1) is 12.1 Å². The molecule has 2 aliphatic rings. The Labute approximate surface area is 270 Å². The summed E-state index contributed by atoms with van der Waals surface area (Å²) in [5.74, 6) is 4.24. The number of rotatable bonds is 13. The Morgan fingerprint density at radius 1 is 1.33 bits per heavy atom. The third-order valence-electron chi connectivity index (χ3n) is 8.60. The molecule has 5 rings (SSSR count). The average Bonchev–Trinajstić information content (AvgIpc) is 3.19. The predicted molar refractivity (Wildman–Crippen MR) is 184 cm³/mol. The van der Waals surface area contributed by atoms with Crippen LogP contribution in [0.25, 0.3) is 11.0 Å². The molecule has 0 saturated carbocycles. The normalized spacial score (nSPS) is 18.7. The Morgan fingerprint density at radius 3 is 2.93 bits per heavy atom. The van der Waals surface area contributed by atoms with Crippen LogP contribution in [0.5, 0.6) is 11.5 Å². The minimum atomic E-state index is 0.182. The zero-order valence-electron chi connectivity index (χ0n) is 26.9. The number of hydrogen-bond acceptors (Lipinski definition) is 10. The van der Waals surface area contributed by atoms with Crippen LogP contribution in [-0.4, -0.2) is 78.0 Å². The number of allylic oxidation sites excluding steroid dienone is 3. The molecule has 1 fully saturated rings. The zero-order valence-corrected chi connectivity index (χ0v) is 26.9. The Morgan fingerprint density at radius 2 is 2.17 bits per heavy atom. The molecule has 240 valence electrons. The maximum absolute atomic E-state index is 12.6. The van der Waals surface area contributed by atoms with Gasteiger partial charge in [-0.05, 0) is 88.7 Å². The minimum absolute atomic E-state index is 0.182. The monoisotopic (exact) mass is 622 g/mol. The molecule has 0 amide bonds. The smallest absolute Gasteiger partial charge is 0.172 e. The van der Waals surface area contributed by atoms with Gasteiger partial charge in [0.25, 0.3) is 0 Å². The van der Waals surface area contributed by atoms with Crippen LogP contribution in [0, 0.1) is 24.2 Å². The van der Waals surface area contributed by atoms with E-state index in [0.29, 0.717) is 53.2 Å². The molecule has 1 saturated heterocycles. The molecule has 2 aliphatic heterocycles. The number of carbonyl (C=O) groups excluding carboxylic acids is 1. The van der Waals surface area contributed by atoms with Gasteiger partial charge in [-0.1, -0.05) is 12.7 Å². The number of aliphatic imine (C=N–C) groups is 1. The van der Waals surface area contributed by atoms with Crippen LogP contribution in [0.3, 0.4) is 0 Å². The molecule has 0 radical (unpaired) electrons. The van der Waals surface area contributed by atoms with Crippen LogP contribution in [0.1, 0.15) is 31.7 Å². The largest absolute Gasteiger partial charge is 0.489 e. The first-order valence-electron chi connectivity index (χ1n) is 15.6. The predicted octanol–water partition coefficient (Wildman–Crippen LogP) is 5.89. The summed E-state index contributed by atoms with van der Waals surface area (Å²) in [5, 5.41) is 10.4. The first-order valence-corrected chi connectivity index (χ1v) is 15.6. The highest BCUT2D eigenvalue weighted by Gasteiger charge is 2.35. The van der Waals surface area contributed by atoms with Crippen molar-refractivity contribution in [1.82, 2.24) is 19.9 Å². The van der Waals surface area contributed by atoms with Gasteiger partial charge in [0.15, 0.2) is 23.2 Å². The number of ketones is 1. The molecule has 2 bridgehead atoms. The van der Waals surface area contributed by atoms with Gasteiger partial charge in [0.2, 0.25) is 0 Å². The average molecular weight is 623 g/mol. The Hall–Kier alpha value is -4.90. The van der Waals surface area contributed by atoms with Crippen LogP contribution < -0.4 is 19.7 Å². The fourth-order valence-electron chi connectivity index (χ4n) is 5.66. The lowest BCUT2D eigenvalue weighted by Gasteiger charge is -2.36. The quantitative estimate of drug-likeness (QED) is 0.0788. The number of nitrogens with one attached hydrogen (secondary N) is 2. The maximum atomic E-state index is 12.6. The van der Waals surface area contributed by atoms with E-state index in [2.05, 4.69) is 43.6 Å². The molecule has 46 heavy (non-hydrogen) atoms. The molecule has 4 heterocycles. The zero-order chi connectivity index (χ0) is 32.6. The van der Waals surface area contributed by atoms with Gasteiger partial charge in [0, 0.05) is 49.4 Å². The van der Waals surface area contributed by atoms with E-state index in [4.69, 9.17) is 19.9 Å². The van der Waals surface area contributed by atoms with Crippen molar-refractivity contribution in [3.05, 3.63) is 72.8 Å². The molecule has 11 nitrogen and oxygen atoms in total. The molecule has 2 aromatic heterocycles. The number of ether oxygens (including phenoxy) is 2. The molecule has 1 aromatic carbocycles. The van der Waals surface area contributed by atoms with Crippen molar-refractivity contribution >= 4 is 46.7 Å². The van der Waals surface area contributed by atoms with Crippen LogP contribution in [-0.2, 0) is 4.79 Å². The summed E-state index contributed by atoms with van der Waals surface area (Å²) in [6.07, 6.45) is 13.3. The molecule has 3 aromatic rings. The number of aryl methyl sites for hydroxylation is 1. The molecule has 3 atom stereocenters. The fourth-order valence-corrected chi connectivity index (χ4v) is 5.66. The fraction of sp³-hybridized carbons (Fsp3) is 0.371. The number of anilines is 3. The second-order valence-corrected chi connectivity index (χ2v) is 11.9. The lowest BCUT2D eigenvalue weighted by Crippen LogP contribution is -2.41.